The predicted molar refractivity (Wildman–Crippen MR) is 108 cm³/mol. The van der Waals surface area contributed by atoms with Crippen LogP contribution in [0.5, 0.6) is 0 Å². The summed E-state index contributed by atoms with van der Waals surface area (Å²) in [6, 6.07) is 5.80. The minimum absolute atomic E-state index is 0.0747. The lowest BCUT2D eigenvalue weighted by molar-refractivity contribution is -0.143. The number of aromatic nitrogens is 1. The Morgan fingerprint density at radius 3 is 2.80 bits per heavy atom. The Hall–Kier alpha value is -3.07. The van der Waals surface area contributed by atoms with Crippen molar-refractivity contribution in [1.82, 2.24) is 4.98 Å². The van der Waals surface area contributed by atoms with Gasteiger partial charge in [-0.15, -0.1) is 0 Å². The van der Waals surface area contributed by atoms with Gasteiger partial charge in [-0.05, 0) is 12.5 Å². The lowest BCUT2D eigenvalue weighted by Crippen LogP contribution is -2.53. The topological polar surface area (TPSA) is 102 Å². The number of amidine groups is 1. The first-order valence-corrected chi connectivity index (χ1v) is 9.67. The fourth-order valence-corrected chi connectivity index (χ4v) is 3.09. The molecule has 1 fully saturated rings. The fraction of sp³-hybridized carbons (Fsp3) is 0.381. The van der Waals surface area contributed by atoms with Crippen LogP contribution in [0.4, 0.5) is 14.6 Å². The predicted octanol–water partition coefficient (Wildman–Crippen LogP) is 3.01. The number of hydrogen-bond acceptors (Lipinski definition) is 6. The van der Waals surface area contributed by atoms with Crippen LogP contribution in [0.1, 0.15) is 25.3 Å². The first-order valence-electron chi connectivity index (χ1n) is 9.67. The van der Waals surface area contributed by atoms with Crippen molar-refractivity contribution in [3.63, 3.8) is 0 Å². The Morgan fingerprint density at radius 2 is 2.13 bits per heavy atom. The summed E-state index contributed by atoms with van der Waals surface area (Å²) in [7, 11) is 0. The van der Waals surface area contributed by atoms with Crippen LogP contribution in [0, 0.1) is 17.0 Å². The van der Waals surface area contributed by atoms with E-state index in [-0.39, 0.29) is 47.5 Å². The normalized spacial score (nSPS) is 13.8. The van der Waals surface area contributed by atoms with Crippen LogP contribution in [-0.2, 0) is 20.9 Å². The zero-order valence-electron chi connectivity index (χ0n) is 16.7. The van der Waals surface area contributed by atoms with E-state index in [0.717, 1.165) is 6.42 Å². The number of carbonyl (C=O) groups excluding carboxylic acids is 1. The number of benzene rings is 1. The fourth-order valence-electron chi connectivity index (χ4n) is 3.09. The first kappa shape index (κ1) is 21.6. The third-order valence-corrected chi connectivity index (χ3v) is 4.64. The van der Waals surface area contributed by atoms with Gasteiger partial charge in [-0.2, -0.15) is 0 Å². The van der Waals surface area contributed by atoms with E-state index in [2.05, 4.69) is 4.98 Å². The SMILES string of the molecule is CCCOC1CN(c2ncc(-c3cccc(COC(=O)CC(=N)N)c3F)cc2F)C1. The molecule has 30 heavy (non-hydrogen) atoms. The summed E-state index contributed by atoms with van der Waals surface area (Å²) in [5, 5.41) is 7.07. The highest BCUT2D eigenvalue weighted by Crippen LogP contribution is 2.30. The molecule has 7 nitrogen and oxygen atoms in total. The van der Waals surface area contributed by atoms with E-state index < -0.39 is 17.6 Å². The molecule has 2 aromatic rings. The second-order valence-electron chi connectivity index (χ2n) is 7.07. The van der Waals surface area contributed by atoms with Crippen molar-refractivity contribution in [1.29, 1.82) is 5.41 Å². The molecule has 1 aromatic carbocycles. The highest BCUT2D eigenvalue weighted by atomic mass is 19.1. The average molecular weight is 418 g/mol. The smallest absolute Gasteiger partial charge is 0.313 e. The largest absolute Gasteiger partial charge is 0.460 e. The Morgan fingerprint density at radius 1 is 1.37 bits per heavy atom. The molecule has 0 saturated carbocycles. The Balaban J connectivity index is 1.70. The third kappa shape index (κ3) is 5.10. The van der Waals surface area contributed by atoms with Crippen molar-refractivity contribution in [2.24, 2.45) is 5.73 Å². The third-order valence-electron chi connectivity index (χ3n) is 4.64. The van der Waals surface area contributed by atoms with Crippen LogP contribution in [0.15, 0.2) is 30.5 Å². The molecule has 2 heterocycles. The number of rotatable bonds is 9. The molecule has 0 amide bonds. The standard InChI is InChI=1S/C21H24F2N4O3/c1-2-6-29-15-10-27(11-15)21-17(22)7-14(9-26-21)16-5-3-4-13(20(16)23)12-30-19(28)8-18(24)25/h3-5,7,9,15H,2,6,8,10-12H2,1H3,(H3,24,25). The average Bonchev–Trinajstić information content (AvgIpc) is 2.66. The van der Waals surface area contributed by atoms with E-state index >= 15 is 0 Å². The summed E-state index contributed by atoms with van der Waals surface area (Å²) < 4.78 is 40.0. The maximum absolute atomic E-state index is 14.9. The molecule has 0 bridgehead atoms. The van der Waals surface area contributed by atoms with Gasteiger partial charge in [0.25, 0.3) is 0 Å². The molecule has 9 heteroatoms. The Labute approximate surface area is 173 Å². The molecule has 3 rings (SSSR count). The Kier molecular flexibility index (Phi) is 6.94. The number of nitrogens with one attached hydrogen (secondary N) is 1. The maximum Gasteiger partial charge on any atom is 0.313 e. The number of halogens is 2. The molecular formula is C21H24F2N4O3. The minimum atomic E-state index is -0.722. The number of pyridine rings is 1. The molecule has 1 aliphatic rings. The molecule has 0 aliphatic carbocycles. The molecule has 0 spiro atoms. The summed E-state index contributed by atoms with van der Waals surface area (Å²) in [5.41, 5.74) is 5.71. The van der Waals surface area contributed by atoms with Crippen molar-refractivity contribution in [3.8, 4) is 11.1 Å². The molecule has 160 valence electrons. The molecule has 0 radical (unpaired) electrons. The van der Waals surface area contributed by atoms with Crippen LogP contribution >= 0.6 is 0 Å². The highest BCUT2D eigenvalue weighted by molar-refractivity contribution is 5.94. The summed E-state index contributed by atoms with van der Waals surface area (Å²) in [4.78, 5) is 17.5. The monoisotopic (exact) mass is 418 g/mol. The van der Waals surface area contributed by atoms with Gasteiger partial charge in [0.1, 0.15) is 24.7 Å². The maximum atomic E-state index is 14.9. The number of nitrogens with zero attached hydrogens (tertiary/aromatic N) is 2. The quantitative estimate of drug-likeness (QED) is 0.369. The zero-order valence-corrected chi connectivity index (χ0v) is 16.7. The van der Waals surface area contributed by atoms with E-state index in [4.69, 9.17) is 20.6 Å². The van der Waals surface area contributed by atoms with E-state index in [1.54, 1.807) is 11.0 Å². The van der Waals surface area contributed by atoms with Gasteiger partial charge in [0.15, 0.2) is 11.6 Å². The summed E-state index contributed by atoms with van der Waals surface area (Å²) in [6.45, 7) is 3.53. The van der Waals surface area contributed by atoms with Gasteiger partial charge in [-0.1, -0.05) is 25.1 Å². The van der Waals surface area contributed by atoms with Crippen molar-refractivity contribution in [2.45, 2.75) is 32.5 Å². The van der Waals surface area contributed by atoms with Gasteiger partial charge in [0, 0.05) is 42.6 Å². The lowest BCUT2D eigenvalue weighted by Gasteiger charge is -2.39. The van der Waals surface area contributed by atoms with Crippen molar-refractivity contribution in [2.75, 3.05) is 24.6 Å². The van der Waals surface area contributed by atoms with Crippen molar-refractivity contribution >= 4 is 17.6 Å². The van der Waals surface area contributed by atoms with E-state index in [1.165, 1.54) is 24.4 Å². The van der Waals surface area contributed by atoms with Crippen molar-refractivity contribution < 1.29 is 23.0 Å². The van der Waals surface area contributed by atoms with Crippen LogP contribution in [0.2, 0.25) is 0 Å². The number of carbonyl (C=O) groups is 1. The molecule has 1 aromatic heterocycles. The van der Waals surface area contributed by atoms with Gasteiger partial charge in [-0.25, -0.2) is 13.8 Å². The number of hydrogen-bond donors (Lipinski definition) is 2. The minimum Gasteiger partial charge on any atom is -0.460 e. The van der Waals surface area contributed by atoms with E-state index in [1.807, 2.05) is 6.92 Å². The lowest BCUT2D eigenvalue weighted by atomic mass is 10.0. The number of nitrogens with two attached hydrogens (primary N) is 1. The number of ether oxygens (including phenoxy) is 2. The van der Waals surface area contributed by atoms with E-state index in [9.17, 15) is 13.6 Å². The summed E-state index contributed by atoms with van der Waals surface area (Å²) >= 11 is 0. The molecule has 3 N–H and O–H groups in total. The molecule has 0 atom stereocenters. The highest BCUT2D eigenvalue weighted by Gasteiger charge is 2.30. The first-order chi connectivity index (χ1) is 14.4. The van der Waals surface area contributed by atoms with Gasteiger partial charge < -0.3 is 20.1 Å². The molecule has 0 unspecified atom stereocenters. The van der Waals surface area contributed by atoms with Crippen LogP contribution < -0.4 is 10.6 Å². The van der Waals surface area contributed by atoms with Crippen molar-refractivity contribution in [3.05, 3.63) is 47.7 Å². The summed E-state index contributed by atoms with van der Waals surface area (Å²) in [5.74, 6) is -2.01. The Bertz CT molecular complexity index is 932. The second kappa shape index (κ2) is 9.62. The zero-order chi connectivity index (χ0) is 21.7. The van der Waals surface area contributed by atoms with Crippen LogP contribution in [-0.4, -0.2) is 42.6 Å². The number of esters is 1. The second-order valence-corrected chi connectivity index (χ2v) is 7.07. The van der Waals surface area contributed by atoms with Gasteiger partial charge in [0.05, 0.1) is 6.10 Å². The molecule has 1 saturated heterocycles. The van der Waals surface area contributed by atoms with Gasteiger partial charge in [0.2, 0.25) is 0 Å². The van der Waals surface area contributed by atoms with Crippen LogP contribution in [0.3, 0.4) is 0 Å². The molecular weight excluding hydrogens is 394 g/mol. The van der Waals surface area contributed by atoms with Gasteiger partial charge >= 0.3 is 5.97 Å². The number of anilines is 1. The van der Waals surface area contributed by atoms with Crippen LogP contribution in [0.25, 0.3) is 11.1 Å². The van der Waals surface area contributed by atoms with E-state index in [0.29, 0.717) is 19.7 Å². The summed E-state index contributed by atoms with van der Waals surface area (Å²) in [6.07, 6.45) is 2.06. The molecule has 1 aliphatic heterocycles. The van der Waals surface area contributed by atoms with Gasteiger partial charge in [-0.3, -0.25) is 10.2 Å².